The Morgan fingerprint density at radius 1 is 1.13 bits per heavy atom. The van der Waals surface area contributed by atoms with Gasteiger partial charge >= 0.3 is 0 Å². The fourth-order valence-corrected chi connectivity index (χ4v) is 2.58. The summed E-state index contributed by atoms with van der Waals surface area (Å²) in [4.78, 5) is 19.9. The first-order valence-electron chi connectivity index (χ1n) is 6.53. The van der Waals surface area contributed by atoms with Crippen molar-refractivity contribution in [2.24, 2.45) is 0 Å². The highest BCUT2D eigenvalue weighted by Gasteiger charge is 2.17. The molecule has 0 saturated carbocycles. The van der Waals surface area contributed by atoms with Crippen molar-refractivity contribution in [1.29, 1.82) is 0 Å². The Bertz CT molecular complexity index is 933. The lowest BCUT2D eigenvalue weighted by Gasteiger charge is -2.09. The van der Waals surface area contributed by atoms with Gasteiger partial charge in [0.1, 0.15) is 23.0 Å². The highest BCUT2D eigenvalue weighted by atomic mass is 35.5. The molecule has 0 bridgehead atoms. The van der Waals surface area contributed by atoms with Crippen molar-refractivity contribution in [3.63, 3.8) is 0 Å². The summed E-state index contributed by atoms with van der Waals surface area (Å²) in [6.45, 7) is 0. The van der Waals surface area contributed by atoms with Gasteiger partial charge in [-0.15, -0.1) is 0 Å². The van der Waals surface area contributed by atoms with Crippen LogP contribution in [0.5, 0.6) is 0 Å². The third kappa shape index (κ3) is 3.09. The van der Waals surface area contributed by atoms with E-state index in [-0.39, 0.29) is 5.02 Å². The maximum absolute atomic E-state index is 13.2. The normalized spacial score (nSPS) is 10.8. The summed E-state index contributed by atoms with van der Waals surface area (Å²) in [6.07, 6.45) is 1.37. The van der Waals surface area contributed by atoms with Crippen molar-refractivity contribution in [3.05, 3.63) is 57.4 Å². The molecule has 0 aliphatic heterocycles. The van der Waals surface area contributed by atoms with Gasteiger partial charge in [0.05, 0.1) is 10.5 Å². The van der Waals surface area contributed by atoms with Crippen LogP contribution in [0, 0.1) is 10.7 Å². The third-order valence-electron chi connectivity index (χ3n) is 3.23. The molecule has 0 aliphatic rings. The Balaban J connectivity index is 2.11. The minimum absolute atomic E-state index is 0.00335. The lowest BCUT2D eigenvalue weighted by molar-refractivity contribution is -0.428. The van der Waals surface area contributed by atoms with E-state index in [0.717, 1.165) is 0 Å². The number of hydrogen-bond donors (Lipinski definition) is 1. The van der Waals surface area contributed by atoms with Crippen LogP contribution in [0.25, 0.3) is 10.9 Å². The fraction of sp³-hybridized carbons (Fsp3) is 0.0667. The first-order chi connectivity index (χ1) is 11.0. The third-order valence-corrected chi connectivity index (χ3v) is 3.82. The fourth-order valence-electron chi connectivity index (χ4n) is 2.12. The van der Waals surface area contributed by atoms with Crippen molar-refractivity contribution in [1.82, 2.24) is 9.97 Å². The van der Waals surface area contributed by atoms with Gasteiger partial charge in [-0.3, -0.25) is 0 Å². The van der Waals surface area contributed by atoms with Crippen LogP contribution in [0.2, 0.25) is 10.0 Å². The van der Waals surface area contributed by atoms with Gasteiger partial charge in [-0.25, -0.2) is 14.4 Å². The van der Waals surface area contributed by atoms with E-state index in [1.165, 1.54) is 31.6 Å². The molecule has 1 aromatic heterocycles. The van der Waals surface area contributed by atoms with Crippen LogP contribution in [0.15, 0.2) is 36.7 Å². The maximum Gasteiger partial charge on any atom is 0.274 e. The monoisotopic (exact) mass is 351 g/mol. The van der Waals surface area contributed by atoms with Crippen LogP contribution in [0.1, 0.15) is 0 Å². The Hall–Kier alpha value is -2.31. The highest BCUT2D eigenvalue weighted by molar-refractivity contribution is 6.33. The smallest absolute Gasteiger partial charge is 0.274 e. The van der Waals surface area contributed by atoms with E-state index < -0.39 is 5.82 Å². The van der Waals surface area contributed by atoms with Gasteiger partial charge < -0.3 is 5.32 Å². The second-order valence-electron chi connectivity index (χ2n) is 4.79. The molecule has 3 aromatic rings. The van der Waals surface area contributed by atoms with Crippen molar-refractivity contribution < 1.29 is 9.15 Å². The van der Waals surface area contributed by atoms with Crippen LogP contribution in [0.3, 0.4) is 0 Å². The number of halogens is 3. The summed E-state index contributed by atoms with van der Waals surface area (Å²) in [5.74, 6) is -0.0516. The molecule has 0 unspecified atom stereocenters. The molecule has 1 N–H and O–H groups in total. The predicted octanol–water partition coefficient (Wildman–Crippen LogP) is 4.86. The van der Waals surface area contributed by atoms with Crippen molar-refractivity contribution in [3.8, 4) is 0 Å². The second-order valence-corrected chi connectivity index (χ2v) is 5.61. The SMILES string of the molecule is C[N+](=O)c1cc2c(Nc3ccc(F)c(Cl)c3)ncnc2cc1Cl. The highest BCUT2D eigenvalue weighted by Crippen LogP contribution is 2.32. The molecule has 0 amide bonds. The molecule has 5 nitrogen and oxygen atoms in total. The zero-order valence-electron chi connectivity index (χ0n) is 11.8. The number of nitrogens with zero attached hydrogens (tertiary/aromatic N) is 3. The molecule has 0 spiro atoms. The van der Waals surface area contributed by atoms with Crippen LogP contribution in [0.4, 0.5) is 21.6 Å². The topological polar surface area (TPSA) is 57.9 Å². The summed E-state index contributed by atoms with van der Waals surface area (Å²) >= 11 is 11.8. The molecular formula is C15H10Cl2FN4O+. The Morgan fingerprint density at radius 3 is 2.61 bits per heavy atom. The standard InChI is InChI=1S/C15H10Cl2FN4O/c1-22(23)14-5-9-13(6-11(14)17)19-7-20-15(9)21-8-2-3-12(18)10(16)4-8/h2-7H,1H3,(H,19,20,21)/q+1. The molecule has 0 saturated heterocycles. The summed E-state index contributed by atoms with van der Waals surface area (Å²) in [5.41, 5.74) is 1.43. The number of fused-ring (bicyclic) bond motifs is 1. The largest absolute Gasteiger partial charge is 0.340 e. The van der Waals surface area contributed by atoms with Gasteiger partial charge in [-0.2, -0.15) is 0 Å². The first-order valence-corrected chi connectivity index (χ1v) is 7.28. The molecule has 2 aromatic carbocycles. The number of rotatable bonds is 3. The van der Waals surface area contributed by atoms with Gasteiger partial charge in [0.15, 0.2) is 7.05 Å². The molecule has 1 heterocycles. The van der Waals surface area contributed by atoms with Crippen molar-refractivity contribution in [2.75, 3.05) is 12.4 Å². The molecule has 0 fully saturated rings. The van der Waals surface area contributed by atoms with Gasteiger partial charge in [-0.05, 0) is 24.3 Å². The van der Waals surface area contributed by atoms with E-state index in [1.807, 2.05) is 0 Å². The van der Waals surface area contributed by atoms with E-state index in [4.69, 9.17) is 23.2 Å². The predicted molar refractivity (Wildman–Crippen MR) is 88.5 cm³/mol. The summed E-state index contributed by atoms with van der Waals surface area (Å²) in [6, 6.07) is 7.41. The molecule has 116 valence electrons. The van der Waals surface area contributed by atoms with Gasteiger partial charge in [-0.1, -0.05) is 23.2 Å². The van der Waals surface area contributed by atoms with Crippen LogP contribution < -0.4 is 5.32 Å². The van der Waals surface area contributed by atoms with E-state index in [2.05, 4.69) is 15.3 Å². The number of aromatic nitrogens is 2. The number of nitrogens with one attached hydrogen (secondary N) is 1. The summed E-state index contributed by atoms with van der Waals surface area (Å²) < 4.78 is 13.9. The number of anilines is 2. The van der Waals surface area contributed by atoms with Crippen LogP contribution in [-0.4, -0.2) is 21.8 Å². The molecular weight excluding hydrogens is 342 g/mol. The lowest BCUT2D eigenvalue weighted by atomic mass is 10.2. The van der Waals surface area contributed by atoms with Crippen molar-refractivity contribution in [2.45, 2.75) is 0 Å². The Morgan fingerprint density at radius 2 is 1.91 bits per heavy atom. The minimum Gasteiger partial charge on any atom is -0.340 e. The van der Waals surface area contributed by atoms with Gasteiger partial charge in [0, 0.05) is 26.8 Å². The van der Waals surface area contributed by atoms with Gasteiger partial charge in [0.25, 0.3) is 5.69 Å². The lowest BCUT2D eigenvalue weighted by Crippen LogP contribution is -1.98. The van der Waals surface area contributed by atoms with E-state index in [1.54, 1.807) is 12.1 Å². The average molecular weight is 352 g/mol. The molecule has 0 aliphatic carbocycles. The summed E-state index contributed by atoms with van der Waals surface area (Å²) in [7, 11) is 1.35. The van der Waals surface area contributed by atoms with Crippen LogP contribution in [-0.2, 0) is 0 Å². The number of hydrogen-bond acceptors (Lipinski definition) is 4. The number of nitroso groups, excluding NO2 is 1. The zero-order chi connectivity index (χ0) is 16.6. The molecule has 0 atom stereocenters. The molecule has 0 radical (unpaired) electrons. The Labute approximate surface area is 140 Å². The Kier molecular flexibility index (Phi) is 4.11. The molecule has 23 heavy (non-hydrogen) atoms. The van der Waals surface area contributed by atoms with E-state index >= 15 is 0 Å². The quantitative estimate of drug-likeness (QED) is 0.684. The zero-order valence-corrected chi connectivity index (χ0v) is 13.4. The second kappa shape index (κ2) is 6.06. The summed E-state index contributed by atoms with van der Waals surface area (Å²) in [5, 5.41) is 3.93. The minimum atomic E-state index is -0.508. The van der Waals surface area contributed by atoms with E-state index in [9.17, 15) is 9.30 Å². The van der Waals surface area contributed by atoms with Crippen LogP contribution >= 0.6 is 23.2 Å². The average Bonchev–Trinajstić information content (AvgIpc) is 2.50. The molecule has 3 rings (SSSR count). The maximum atomic E-state index is 13.2. The van der Waals surface area contributed by atoms with Crippen molar-refractivity contribution >= 4 is 51.3 Å². The van der Waals surface area contributed by atoms with Gasteiger partial charge in [0.2, 0.25) is 0 Å². The number of benzene rings is 2. The van der Waals surface area contributed by atoms with E-state index in [0.29, 0.717) is 37.9 Å². The first kappa shape index (κ1) is 15.6. The molecule has 8 heteroatoms.